The number of carbonyl (C=O) groups excluding carboxylic acids is 1. The molecule has 1 N–H and O–H groups in total. The highest BCUT2D eigenvalue weighted by Crippen LogP contribution is 2.43. The number of aromatic amines is 1. The van der Waals surface area contributed by atoms with Gasteiger partial charge in [-0.3, -0.25) is 9.89 Å². The second kappa shape index (κ2) is 7.64. The number of H-pyrrole nitrogens is 1. The first-order chi connectivity index (χ1) is 11.6. The van der Waals surface area contributed by atoms with Crippen LogP contribution in [-0.4, -0.2) is 52.3 Å². The zero-order valence-electron chi connectivity index (χ0n) is 15.0. The SMILES string of the molecule is CCOCCC1(C(=O)N2CCCC(c3n[nH]c(C)n3)C2)CCCC1. The lowest BCUT2D eigenvalue weighted by atomic mass is 9.80. The number of hydrogen-bond donors (Lipinski definition) is 1. The Labute approximate surface area is 144 Å². The van der Waals surface area contributed by atoms with Gasteiger partial charge in [0.2, 0.25) is 5.91 Å². The minimum atomic E-state index is -0.189. The smallest absolute Gasteiger partial charge is 0.228 e. The Bertz CT molecular complexity index is 551. The second-order valence-electron chi connectivity index (χ2n) is 7.30. The summed E-state index contributed by atoms with van der Waals surface area (Å²) in [5, 5.41) is 7.24. The van der Waals surface area contributed by atoms with Gasteiger partial charge < -0.3 is 9.64 Å². The molecule has 0 aromatic carbocycles. The summed E-state index contributed by atoms with van der Waals surface area (Å²) in [5.74, 6) is 2.31. The number of piperidine rings is 1. The number of likely N-dealkylation sites (tertiary alicyclic amines) is 1. The molecule has 1 aromatic rings. The van der Waals surface area contributed by atoms with Crippen molar-refractivity contribution >= 4 is 5.91 Å². The molecule has 1 saturated heterocycles. The van der Waals surface area contributed by atoms with Crippen molar-refractivity contribution in [1.29, 1.82) is 0 Å². The summed E-state index contributed by atoms with van der Waals surface area (Å²) in [6.45, 7) is 6.97. The fourth-order valence-electron chi connectivity index (χ4n) is 4.28. The van der Waals surface area contributed by atoms with Crippen molar-refractivity contribution in [2.75, 3.05) is 26.3 Å². The number of amides is 1. The van der Waals surface area contributed by atoms with Crippen molar-refractivity contribution in [2.24, 2.45) is 5.41 Å². The normalized spacial score (nSPS) is 23.6. The summed E-state index contributed by atoms with van der Waals surface area (Å²) in [5.41, 5.74) is -0.189. The van der Waals surface area contributed by atoms with Crippen molar-refractivity contribution in [3.8, 4) is 0 Å². The molecule has 6 nitrogen and oxygen atoms in total. The number of aryl methyl sites for hydroxylation is 1. The molecular weight excluding hydrogens is 304 g/mol. The van der Waals surface area contributed by atoms with E-state index in [1.165, 1.54) is 0 Å². The number of nitrogens with zero attached hydrogens (tertiary/aromatic N) is 3. The van der Waals surface area contributed by atoms with Gasteiger partial charge in [-0.25, -0.2) is 4.98 Å². The molecule has 0 spiro atoms. The first kappa shape index (κ1) is 17.4. The van der Waals surface area contributed by atoms with Gasteiger partial charge in [-0.15, -0.1) is 0 Å². The number of hydrogen-bond acceptors (Lipinski definition) is 4. The molecule has 1 amide bonds. The van der Waals surface area contributed by atoms with Gasteiger partial charge in [0.15, 0.2) is 5.82 Å². The van der Waals surface area contributed by atoms with E-state index in [4.69, 9.17) is 4.74 Å². The van der Waals surface area contributed by atoms with E-state index in [0.29, 0.717) is 12.5 Å². The Morgan fingerprint density at radius 2 is 2.17 bits per heavy atom. The third kappa shape index (κ3) is 3.63. The molecule has 1 aliphatic carbocycles. The predicted molar refractivity (Wildman–Crippen MR) is 91.7 cm³/mol. The molecular formula is C18H30N4O2. The predicted octanol–water partition coefficient (Wildman–Crippen LogP) is 2.81. The highest BCUT2D eigenvalue weighted by atomic mass is 16.5. The quantitative estimate of drug-likeness (QED) is 0.812. The lowest BCUT2D eigenvalue weighted by Gasteiger charge is -2.38. The minimum Gasteiger partial charge on any atom is -0.382 e. The summed E-state index contributed by atoms with van der Waals surface area (Å²) in [6, 6.07) is 0. The fraction of sp³-hybridized carbons (Fsp3) is 0.833. The number of rotatable bonds is 6. The summed E-state index contributed by atoms with van der Waals surface area (Å²) in [6.07, 6.45) is 7.31. The zero-order valence-corrected chi connectivity index (χ0v) is 15.0. The highest BCUT2D eigenvalue weighted by molar-refractivity contribution is 5.83. The van der Waals surface area contributed by atoms with Crippen molar-refractivity contribution in [3.63, 3.8) is 0 Å². The third-order valence-corrected chi connectivity index (χ3v) is 5.63. The van der Waals surface area contributed by atoms with E-state index in [0.717, 1.165) is 76.3 Å². The van der Waals surface area contributed by atoms with Crippen molar-refractivity contribution in [2.45, 2.75) is 64.7 Å². The van der Waals surface area contributed by atoms with E-state index in [2.05, 4.69) is 20.1 Å². The van der Waals surface area contributed by atoms with Crippen LogP contribution in [0.15, 0.2) is 0 Å². The van der Waals surface area contributed by atoms with Gasteiger partial charge >= 0.3 is 0 Å². The van der Waals surface area contributed by atoms with E-state index >= 15 is 0 Å². The largest absolute Gasteiger partial charge is 0.382 e. The van der Waals surface area contributed by atoms with Gasteiger partial charge in [0.05, 0.1) is 5.41 Å². The van der Waals surface area contributed by atoms with Crippen LogP contribution in [0.1, 0.15) is 69.4 Å². The molecule has 1 aliphatic heterocycles. The van der Waals surface area contributed by atoms with E-state index in [-0.39, 0.29) is 11.3 Å². The molecule has 0 bridgehead atoms. The van der Waals surface area contributed by atoms with Crippen LogP contribution in [-0.2, 0) is 9.53 Å². The number of aromatic nitrogens is 3. The standard InChI is InChI=1S/C18H30N4O2/c1-3-24-12-10-18(8-4-5-9-18)17(23)22-11-6-7-15(13-22)16-19-14(2)20-21-16/h15H,3-13H2,1-2H3,(H,19,20,21). The minimum absolute atomic E-state index is 0.189. The Balaban J connectivity index is 1.68. The summed E-state index contributed by atoms with van der Waals surface area (Å²) in [7, 11) is 0. The monoisotopic (exact) mass is 334 g/mol. The molecule has 1 unspecified atom stereocenters. The molecule has 1 aromatic heterocycles. The molecule has 2 fully saturated rings. The van der Waals surface area contributed by atoms with Gasteiger partial charge in [0, 0.05) is 32.2 Å². The van der Waals surface area contributed by atoms with E-state index in [9.17, 15) is 4.79 Å². The highest BCUT2D eigenvalue weighted by Gasteiger charge is 2.44. The average Bonchev–Trinajstić information content (AvgIpc) is 3.24. The fourth-order valence-corrected chi connectivity index (χ4v) is 4.28. The summed E-state index contributed by atoms with van der Waals surface area (Å²) >= 11 is 0. The third-order valence-electron chi connectivity index (χ3n) is 5.63. The molecule has 2 aliphatic rings. The maximum atomic E-state index is 13.3. The number of carbonyl (C=O) groups is 1. The molecule has 3 rings (SSSR count). The first-order valence-electron chi connectivity index (χ1n) is 9.40. The van der Waals surface area contributed by atoms with Gasteiger partial charge in [-0.05, 0) is 46.0 Å². The second-order valence-corrected chi connectivity index (χ2v) is 7.30. The van der Waals surface area contributed by atoms with Gasteiger partial charge in [0.1, 0.15) is 5.82 Å². The van der Waals surface area contributed by atoms with Crippen LogP contribution in [0, 0.1) is 12.3 Å². The molecule has 1 saturated carbocycles. The van der Waals surface area contributed by atoms with E-state index in [1.807, 2.05) is 13.8 Å². The van der Waals surface area contributed by atoms with Gasteiger partial charge in [0.25, 0.3) is 0 Å². The van der Waals surface area contributed by atoms with Crippen LogP contribution in [0.5, 0.6) is 0 Å². The topological polar surface area (TPSA) is 71.1 Å². The van der Waals surface area contributed by atoms with Crippen molar-refractivity contribution < 1.29 is 9.53 Å². The van der Waals surface area contributed by atoms with Crippen molar-refractivity contribution in [3.05, 3.63) is 11.6 Å². The summed E-state index contributed by atoms with van der Waals surface area (Å²) < 4.78 is 5.56. The number of ether oxygens (including phenoxy) is 1. The molecule has 134 valence electrons. The van der Waals surface area contributed by atoms with Crippen LogP contribution in [0.2, 0.25) is 0 Å². The first-order valence-corrected chi connectivity index (χ1v) is 9.40. The lowest BCUT2D eigenvalue weighted by Crippen LogP contribution is -2.47. The Kier molecular flexibility index (Phi) is 5.54. The molecule has 2 heterocycles. The number of nitrogens with one attached hydrogen (secondary N) is 1. The average molecular weight is 334 g/mol. The zero-order chi connectivity index (χ0) is 17.0. The Morgan fingerprint density at radius 3 is 2.83 bits per heavy atom. The maximum Gasteiger partial charge on any atom is 0.228 e. The van der Waals surface area contributed by atoms with Crippen LogP contribution in [0.25, 0.3) is 0 Å². The molecule has 0 radical (unpaired) electrons. The lowest BCUT2D eigenvalue weighted by molar-refractivity contribution is -0.144. The van der Waals surface area contributed by atoms with Gasteiger partial charge in [-0.1, -0.05) is 12.8 Å². The molecule has 1 atom stereocenters. The van der Waals surface area contributed by atoms with E-state index < -0.39 is 0 Å². The Hall–Kier alpha value is -1.43. The van der Waals surface area contributed by atoms with Crippen LogP contribution >= 0.6 is 0 Å². The van der Waals surface area contributed by atoms with Gasteiger partial charge in [-0.2, -0.15) is 5.10 Å². The maximum absolute atomic E-state index is 13.3. The molecule has 24 heavy (non-hydrogen) atoms. The van der Waals surface area contributed by atoms with Crippen molar-refractivity contribution in [1.82, 2.24) is 20.1 Å². The van der Waals surface area contributed by atoms with Crippen LogP contribution in [0.4, 0.5) is 0 Å². The van der Waals surface area contributed by atoms with Crippen LogP contribution < -0.4 is 0 Å². The molecule has 6 heteroatoms. The Morgan fingerprint density at radius 1 is 1.38 bits per heavy atom. The summed E-state index contributed by atoms with van der Waals surface area (Å²) in [4.78, 5) is 19.9. The van der Waals surface area contributed by atoms with Crippen LogP contribution in [0.3, 0.4) is 0 Å². The van der Waals surface area contributed by atoms with E-state index in [1.54, 1.807) is 0 Å².